The summed E-state index contributed by atoms with van der Waals surface area (Å²) in [6.45, 7) is 3.24. The van der Waals surface area contributed by atoms with Crippen molar-refractivity contribution in [3.05, 3.63) is 28.8 Å². The highest BCUT2D eigenvalue weighted by Crippen LogP contribution is 2.19. The number of rotatable bonds is 5. The predicted octanol–water partition coefficient (Wildman–Crippen LogP) is 1.58. The molecule has 3 rings (SSSR count). The third-order valence-electron chi connectivity index (χ3n) is 4.94. The summed E-state index contributed by atoms with van der Waals surface area (Å²) < 4.78 is 40.3. The first-order valence-electron chi connectivity index (χ1n) is 9.46. The van der Waals surface area contributed by atoms with Crippen LogP contribution in [-0.2, 0) is 26.0 Å². The van der Waals surface area contributed by atoms with Gasteiger partial charge in [-0.2, -0.15) is 4.99 Å². The van der Waals surface area contributed by atoms with Crippen molar-refractivity contribution < 1.29 is 22.4 Å². The Bertz CT molecular complexity index is 1180. The van der Waals surface area contributed by atoms with Crippen molar-refractivity contribution in [2.24, 2.45) is 10.9 Å². The summed E-state index contributed by atoms with van der Waals surface area (Å²) in [6, 6.07) is 4.09. The number of benzene rings is 1. The first kappa shape index (κ1) is 22.2. The molecule has 1 aliphatic heterocycles. The number of thiazole rings is 1. The molecule has 160 valence electrons. The lowest BCUT2D eigenvalue weighted by molar-refractivity contribution is -0.129. The number of terminal acetylenes is 1. The SMILES string of the molecule is C#CCn1c(=NC(=O)CS(=O)(=O)CC(=O)N2CCC(C)CC2)sc2cc(F)ccc21. The van der Waals surface area contributed by atoms with Gasteiger partial charge >= 0.3 is 0 Å². The minimum atomic E-state index is -3.96. The van der Waals surface area contributed by atoms with E-state index in [9.17, 15) is 22.4 Å². The van der Waals surface area contributed by atoms with Gasteiger partial charge in [0.25, 0.3) is 5.91 Å². The monoisotopic (exact) mass is 451 g/mol. The zero-order chi connectivity index (χ0) is 21.9. The van der Waals surface area contributed by atoms with Crippen molar-refractivity contribution >= 4 is 43.2 Å². The van der Waals surface area contributed by atoms with Crippen molar-refractivity contribution in [3.63, 3.8) is 0 Å². The predicted molar refractivity (Wildman–Crippen MR) is 113 cm³/mol. The molecule has 1 aromatic heterocycles. The maximum Gasteiger partial charge on any atom is 0.263 e. The smallest absolute Gasteiger partial charge is 0.263 e. The number of carbonyl (C=O) groups excluding carboxylic acids is 2. The number of carbonyl (C=O) groups is 2. The molecule has 30 heavy (non-hydrogen) atoms. The van der Waals surface area contributed by atoms with Crippen LogP contribution in [0.25, 0.3) is 10.2 Å². The van der Waals surface area contributed by atoms with Crippen LogP contribution in [0.3, 0.4) is 0 Å². The molecule has 0 bridgehead atoms. The van der Waals surface area contributed by atoms with Crippen molar-refractivity contribution in [2.45, 2.75) is 26.3 Å². The van der Waals surface area contributed by atoms with Gasteiger partial charge in [-0.25, -0.2) is 12.8 Å². The van der Waals surface area contributed by atoms with Crippen LogP contribution in [0.2, 0.25) is 0 Å². The zero-order valence-electron chi connectivity index (χ0n) is 16.5. The summed E-state index contributed by atoms with van der Waals surface area (Å²) in [5.74, 6) is -0.470. The molecule has 1 aliphatic rings. The van der Waals surface area contributed by atoms with E-state index < -0.39 is 39.0 Å². The van der Waals surface area contributed by atoms with Crippen LogP contribution in [0.1, 0.15) is 19.8 Å². The van der Waals surface area contributed by atoms with Crippen LogP contribution >= 0.6 is 11.3 Å². The summed E-state index contributed by atoms with van der Waals surface area (Å²) in [5.41, 5.74) is 0.600. The van der Waals surface area contributed by atoms with E-state index in [2.05, 4.69) is 17.8 Å². The molecule has 1 saturated heterocycles. The van der Waals surface area contributed by atoms with Gasteiger partial charge in [0, 0.05) is 13.1 Å². The Morgan fingerprint density at radius 1 is 1.30 bits per heavy atom. The van der Waals surface area contributed by atoms with Crippen LogP contribution < -0.4 is 4.80 Å². The average Bonchev–Trinajstić information content (AvgIpc) is 2.97. The lowest BCUT2D eigenvalue weighted by Crippen LogP contribution is -2.41. The fourth-order valence-corrected chi connectivity index (χ4v) is 5.47. The molecule has 2 aromatic rings. The molecule has 2 amide bonds. The lowest BCUT2D eigenvalue weighted by Gasteiger charge is -2.30. The first-order chi connectivity index (χ1) is 14.2. The van der Waals surface area contributed by atoms with Gasteiger partial charge in [-0.1, -0.05) is 24.2 Å². The number of hydrogen-bond donors (Lipinski definition) is 0. The van der Waals surface area contributed by atoms with Crippen molar-refractivity contribution in [1.82, 2.24) is 9.47 Å². The van der Waals surface area contributed by atoms with Gasteiger partial charge in [-0.05, 0) is 37.0 Å². The first-order valence-corrected chi connectivity index (χ1v) is 12.1. The molecule has 0 aliphatic carbocycles. The van der Waals surface area contributed by atoms with Gasteiger partial charge in [-0.15, -0.1) is 6.42 Å². The Hall–Kier alpha value is -2.51. The number of amides is 2. The highest BCUT2D eigenvalue weighted by atomic mass is 32.2. The van der Waals surface area contributed by atoms with Gasteiger partial charge in [0.05, 0.1) is 16.8 Å². The van der Waals surface area contributed by atoms with Crippen LogP contribution in [0.15, 0.2) is 23.2 Å². The van der Waals surface area contributed by atoms with Crippen LogP contribution in [0.4, 0.5) is 4.39 Å². The van der Waals surface area contributed by atoms with Gasteiger partial charge < -0.3 is 9.47 Å². The molecular formula is C20H22FN3O4S2. The van der Waals surface area contributed by atoms with Gasteiger partial charge in [-0.3, -0.25) is 9.59 Å². The molecule has 0 unspecified atom stereocenters. The van der Waals surface area contributed by atoms with Crippen LogP contribution in [0.5, 0.6) is 0 Å². The molecule has 0 atom stereocenters. The van der Waals surface area contributed by atoms with Gasteiger partial charge in [0.2, 0.25) is 5.91 Å². The third-order valence-corrected chi connectivity index (χ3v) is 7.35. The number of sulfone groups is 1. The minimum Gasteiger partial charge on any atom is -0.342 e. The summed E-state index contributed by atoms with van der Waals surface area (Å²) in [6.07, 6.45) is 7.04. The van der Waals surface area contributed by atoms with E-state index in [0.717, 1.165) is 24.2 Å². The number of aromatic nitrogens is 1. The zero-order valence-corrected chi connectivity index (χ0v) is 18.1. The van der Waals surface area contributed by atoms with E-state index >= 15 is 0 Å². The fraction of sp³-hybridized carbons (Fsp3) is 0.450. The van der Waals surface area contributed by atoms with E-state index in [-0.39, 0.29) is 11.3 Å². The summed E-state index contributed by atoms with van der Waals surface area (Å²) in [4.78, 5) is 30.2. The van der Waals surface area contributed by atoms with Crippen LogP contribution in [-0.4, -0.2) is 54.3 Å². The Kier molecular flexibility index (Phi) is 6.73. The fourth-order valence-electron chi connectivity index (χ4n) is 3.29. The minimum absolute atomic E-state index is 0.0936. The maximum atomic E-state index is 13.5. The van der Waals surface area contributed by atoms with Crippen molar-refractivity contribution in [2.75, 3.05) is 24.6 Å². The highest BCUT2D eigenvalue weighted by molar-refractivity contribution is 7.92. The second kappa shape index (κ2) is 9.10. The molecule has 10 heteroatoms. The summed E-state index contributed by atoms with van der Waals surface area (Å²) in [5, 5.41) is 0. The van der Waals surface area contributed by atoms with E-state index in [1.807, 2.05) is 0 Å². The Labute approximate surface area is 178 Å². The Morgan fingerprint density at radius 3 is 2.67 bits per heavy atom. The Balaban J connectivity index is 1.77. The van der Waals surface area contributed by atoms with Crippen molar-refractivity contribution in [1.29, 1.82) is 0 Å². The molecule has 1 fully saturated rings. The van der Waals surface area contributed by atoms with Gasteiger partial charge in [0.1, 0.15) is 17.3 Å². The average molecular weight is 452 g/mol. The molecule has 1 aromatic carbocycles. The largest absolute Gasteiger partial charge is 0.342 e. The van der Waals surface area contributed by atoms with Crippen LogP contribution in [0, 0.1) is 24.1 Å². The highest BCUT2D eigenvalue weighted by Gasteiger charge is 2.26. The molecule has 0 spiro atoms. The number of likely N-dealkylation sites (tertiary alicyclic amines) is 1. The number of halogens is 1. The summed E-state index contributed by atoms with van der Waals surface area (Å²) in [7, 11) is -3.96. The summed E-state index contributed by atoms with van der Waals surface area (Å²) >= 11 is 1.04. The van der Waals surface area contributed by atoms with E-state index in [1.54, 1.807) is 4.57 Å². The van der Waals surface area contributed by atoms with Gasteiger partial charge in [0.15, 0.2) is 14.6 Å². The number of piperidine rings is 1. The molecule has 7 nitrogen and oxygen atoms in total. The van der Waals surface area contributed by atoms with Crippen molar-refractivity contribution in [3.8, 4) is 12.3 Å². The maximum absolute atomic E-state index is 13.5. The van der Waals surface area contributed by atoms with E-state index in [0.29, 0.717) is 29.2 Å². The molecule has 0 radical (unpaired) electrons. The lowest BCUT2D eigenvalue weighted by atomic mass is 9.99. The topological polar surface area (TPSA) is 88.8 Å². The number of nitrogens with zero attached hydrogens (tertiary/aromatic N) is 3. The quantitative estimate of drug-likeness (QED) is 0.646. The molecule has 2 heterocycles. The molecular weight excluding hydrogens is 429 g/mol. The Morgan fingerprint density at radius 2 is 2.00 bits per heavy atom. The second-order valence-electron chi connectivity index (χ2n) is 7.39. The molecule has 0 saturated carbocycles. The standard InChI is InChI=1S/C20H22FN3O4S2/c1-3-8-24-16-5-4-15(21)11-17(16)29-20(24)22-18(25)12-30(27,28)13-19(26)23-9-6-14(2)7-10-23/h1,4-5,11,14H,6-10,12-13H2,2H3. The number of fused-ring (bicyclic) bond motifs is 1. The van der Waals surface area contributed by atoms with E-state index in [4.69, 9.17) is 6.42 Å². The second-order valence-corrected chi connectivity index (χ2v) is 10.5. The third kappa shape index (κ3) is 5.34. The normalized spacial score (nSPS) is 16.0. The molecule has 0 N–H and O–H groups in total. The number of hydrogen-bond acceptors (Lipinski definition) is 5. The van der Waals surface area contributed by atoms with E-state index in [1.165, 1.54) is 23.1 Å².